The van der Waals surface area contributed by atoms with Crippen LogP contribution in [-0.4, -0.2) is 41.5 Å². The average Bonchev–Trinajstić information content (AvgIpc) is 2.49. The lowest BCUT2D eigenvalue weighted by Crippen LogP contribution is -2.64. The monoisotopic (exact) mass is 285 g/mol. The smallest absolute Gasteiger partial charge is 0.220 e. The topological polar surface area (TPSA) is 45.2 Å². The first kappa shape index (κ1) is 13.3. The van der Waals surface area contributed by atoms with E-state index < -0.39 is 0 Å². The summed E-state index contributed by atoms with van der Waals surface area (Å²) in [7, 11) is 0. The van der Waals surface area contributed by atoms with Crippen LogP contribution in [0.15, 0.2) is 24.5 Å². The molecule has 2 unspecified atom stereocenters. The molecule has 3 aliphatic heterocycles. The Balaban J connectivity index is 1.33. The Kier molecular flexibility index (Phi) is 3.42. The van der Waals surface area contributed by atoms with E-state index in [4.69, 9.17) is 0 Å². The zero-order valence-electron chi connectivity index (χ0n) is 12.4. The third-order valence-corrected chi connectivity index (χ3v) is 5.51. The van der Waals surface area contributed by atoms with Crippen LogP contribution in [0.25, 0.3) is 0 Å². The highest BCUT2D eigenvalue weighted by Crippen LogP contribution is 2.43. The van der Waals surface area contributed by atoms with Gasteiger partial charge in [-0.2, -0.15) is 0 Å². The van der Waals surface area contributed by atoms with Crippen molar-refractivity contribution in [2.24, 2.45) is 17.8 Å². The van der Waals surface area contributed by atoms with Gasteiger partial charge in [-0.15, -0.1) is 0 Å². The van der Waals surface area contributed by atoms with Gasteiger partial charge >= 0.3 is 0 Å². The molecule has 4 heterocycles. The van der Waals surface area contributed by atoms with Gasteiger partial charge in [0.1, 0.15) is 0 Å². The second kappa shape index (κ2) is 5.41. The molecule has 1 aliphatic carbocycles. The summed E-state index contributed by atoms with van der Waals surface area (Å²) < 4.78 is 0. The van der Waals surface area contributed by atoms with Crippen LogP contribution in [0.3, 0.4) is 0 Å². The summed E-state index contributed by atoms with van der Waals surface area (Å²) in [6.07, 6.45) is 7.63. The average molecular weight is 285 g/mol. The largest absolute Gasteiger partial charge is 0.353 e. The number of pyridine rings is 1. The minimum absolute atomic E-state index is 0.222. The first-order valence-corrected chi connectivity index (χ1v) is 8.18. The summed E-state index contributed by atoms with van der Waals surface area (Å²) in [6, 6.07) is 4.41. The second-order valence-corrected chi connectivity index (χ2v) is 7.02. The molecule has 3 saturated heterocycles. The summed E-state index contributed by atoms with van der Waals surface area (Å²) in [6.45, 7) is 3.69. The van der Waals surface area contributed by atoms with Gasteiger partial charge in [0.25, 0.3) is 0 Å². The van der Waals surface area contributed by atoms with Crippen LogP contribution < -0.4 is 5.32 Å². The van der Waals surface area contributed by atoms with Crippen molar-refractivity contribution in [3.63, 3.8) is 0 Å². The second-order valence-electron chi connectivity index (χ2n) is 7.02. The lowest BCUT2D eigenvalue weighted by atomic mass is 9.65. The molecule has 1 N–H and O–H groups in total. The van der Waals surface area contributed by atoms with E-state index in [0.29, 0.717) is 24.3 Å². The summed E-state index contributed by atoms with van der Waals surface area (Å²) in [5.74, 6) is 2.51. The van der Waals surface area contributed by atoms with Crippen molar-refractivity contribution in [1.82, 2.24) is 15.2 Å². The number of carbonyl (C=O) groups is 1. The van der Waals surface area contributed by atoms with Gasteiger partial charge < -0.3 is 10.2 Å². The highest BCUT2D eigenvalue weighted by Gasteiger charge is 2.47. The Labute approximate surface area is 125 Å². The van der Waals surface area contributed by atoms with Gasteiger partial charge in [0, 0.05) is 44.5 Å². The molecule has 4 fully saturated rings. The van der Waals surface area contributed by atoms with E-state index in [9.17, 15) is 4.79 Å². The summed E-state index contributed by atoms with van der Waals surface area (Å²) in [5, 5.41) is 3.35. The number of carbonyl (C=O) groups excluding carboxylic acids is 1. The van der Waals surface area contributed by atoms with E-state index in [-0.39, 0.29) is 5.91 Å². The first-order chi connectivity index (χ1) is 10.3. The quantitative estimate of drug-likeness (QED) is 0.911. The van der Waals surface area contributed by atoms with E-state index in [2.05, 4.69) is 15.2 Å². The predicted octanol–water partition coefficient (Wildman–Crippen LogP) is 1.47. The molecule has 1 aromatic rings. The lowest BCUT2D eigenvalue weighted by molar-refractivity contribution is -0.125. The molecule has 4 heteroatoms. The Morgan fingerprint density at radius 2 is 1.90 bits per heavy atom. The van der Waals surface area contributed by atoms with Crippen LogP contribution in [0.4, 0.5) is 0 Å². The molecule has 4 bridgehead atoms. The summed E-state index contributed by atoms with van der Waals surface area (Å²) in [5.41, 5.74) is 1.19. The fourth-order valence-electron chi connectivity index (χ4n) is 4.71. The Morgan fingerprint density at radius 3 is 2.57 bits per heavy atom. The molecule has 1 amide bonds. The van der Waals surface area contributed by atoms with Crippen molar-refractivity contribution in [3.8, 4) is 0 Å². The van der Waals surface area contributed by atoms with Crippen LogP contribution in [-0.2, 0) is 11.2 Å². The molecular weight excluding hydrogens is 262 g/mol. The van der Waals surface area contributed by atoms with E-state index in [1.54, 1.807) is 12.4 Å². The van der Waals surface area contributed by atoms with Crippen molar-refractivity contribution < 1.29 is 4.79 Å². The third-order valence-electron chi connectivity index (χ3n) is 5.51. The zero-order valence-corrected chi connectivity index (χ0v) is 12.4. The molecule has 0 aromatic carbocycles. The van der Waals surface area contributed by atoms with Gasteiger partial charge in [-0.05, 0) is 54.7 Å². The molecule has 4 nitrogen and oxygen atoms in total. The van der Waals surface area contributed by atoms with Crippen molar-refractivity contribution in [3.05, 3.63) is 30.1 Å². The Hall–Kier alpha value is -1.42. The van der Waals surface area contributed by atoms with Crippen LogP contribution >= 0.6 is 0 Å². The normalized spacial score (nSPS) is 36.7. The molecule has 1 aromatic heterocycles. The first-order valence-electron chi connectivity index (χ1n) is 8.18. The van der Waals surface area contributed by atoms with Gasteiger partial charge in [-0.1, -0.05) is 0 Å². The highest BCUT2D eigenvalue weighted by atomic mass is 16.1. The molecule has 5 rings (SSSR count). The molecule has 2 atom stereocenters. The van der Waals surface area contributed by atoms with Crippen molar-refractivity contribution in [2.45, 2.75) is 31.7 Å². The fraction of sp³-hybridized carbons (Fsp3) is 0.647. The number of nitrogens with zero attached hydrogens (tertiary/aromatic N) is 2. The van der Waals surface area contributed by atoms with Crippen LogP contribution in [0.5, 0.6) is 0 Å². The number of aromatic nitrogens is 1. The van der Waals surface area contributed by atoms with Crippen LogP contribution in [0, 0.1) is 17.8 Å². The van der Waals surface area contributed by atoms with Crippen molar-refractivity contribution in [1.29, 1.82) is 0 Å². The number of hydrogen-bond donors (Lipinski definition) is 1. The SMILES string of the molecule is O=C(CCc1ccncc1)NC1C2CC3CC1CN(C3)C2. The maximum Gasteiger partial charge on any atom is 0.220 e. The molecule has 0 spiro atoms. The minimum Gasteiger partial charge on any atom is -0.353 e. The highest BCUT2D eigenvalue weighted by molar-refractivity contribution is 5.76. The number of piperidine rings is 3. The third kappa shape index (κ3) is 2.69. The molecule has 0 radical (unpaired) electrons. The van der Waals surface area contributed by atoms with Crippen LogP contribution in [0.1, 0.15) is 24.8 Å². The number of amides is 1. The van der Waals surface area contributed by atoms with E-state index in [0.717, 1.165) is 12.3 Å². The van der Waals surface area contributed by atoms with Gasteiger partial charge in [0.15, 0.2) is 0 Å². The number of hydrogen-bond acceptors (Lipinski definition) is 3. The van der Waals surface area contributed by atoms with E-state index >= 15 is 0 Å². The van der Waals surface area contributed by atoms with E-state index in [1.807, 2.05) is 12.1 Å². The van der Waals surface area contributed by atoms with Crippen molar-refractivity contribution in [2.75, 3.05) is 19.6 Å². The molecule has 1 saturated carbocycles. The standard InChI is InChI=1S/C17H23N3O/c21-16(2-1-12-3-5-18-6-4-12)19-17-14-7-13-8-15(17)11-20(9-13)10-14/h3-6,13-15,17H,1-2,7-11H2,(H,19,21). The molecular formula is C17H23N3O. The maximum atomic E-state index is 12.3. The Morgan fingerprint density at radius 1 is 1.19 bits per heavy atom. The number of nitrogens with one attached hydrogen (secondary N) is 1. The Bertz CT molecular complexity index is 488. The molecule has 112 valence electrons. The fourth-order valence-corrected chi connectivity index (χ4v) is 4.71. The summed E-state index contributed by atoms with van der Waals surface area (Å²) in [4.78, 5) is 18.9. The van der Waals surface area contributed by atoms with E-state index in [1.165, 1.54) is 38.0 Å². The minimum atomic E-state index is 0.222. The van der Waals surface area contributed by atoms with Crippen LogP contribution in [0.2, 0.25) is 0 Å². The van der Waals surface area contributed by atoms with Crippen molar-refractivity contribution >= 4 is 5.91 Å². The van der Waals surface area contributed by atoms with Gasteiger partial charge in [0.2, 0.25) is 5.91 Å². The lowest BCUT2D eigenvalue weighted by Gasteiger charge is -2.55. The van der Waals surface area contributed by atoms with Gasteiger partial charge in [-0.25, -0.2) is 0 Å². The number of aryl methyl sites for hydroxylation is 1. The summed E-state index contributed by atoms with van der Waals surface area (Å²) >= 11 is 0. The molecule has 21 heavy (non-hydrogen) atoms. The van der Waals surface area contributed by atoms with Gasteiger partial charge in [-0.3, -0.25) is 9.78 Å². The molecule has 4 aliphatic rings. The predicted molar refractivity (Wildman–Crippen MR) is 80.6 cm³/mol. The zero-order chi connectivity index (χ0) is 14.2. The van der Waals surface area contributed by atoms with Gasteiger partial charge in [0.05, 0.1) is 0 Å². The maximum absolute atomic E-state index is 12.3. The number of rotatable bonds is 4.